The molecule has 1 N–H and O–H groups in total. The fourth-order valence-electron chi connectivity index (χ4n) is 3.91. The first kappa shape index (κ1) is 14.6. The van der Waals surface area contributed by atoms with E-state index in [4.69, 9.17) is 0 Å². The third kappa shape index (κ3) is 2.71. The maximum absolute atomic E-state index is 13.4. The molecule has 2 heterocycles. The van der Waals surface area contributed by atoms with Crippen LogP contribution in [0.5, 0.6) is 0 Å². The molecule has 2 aliphatic rings. The summed E-state index contributed by atoms with van der Waals surface area (Å²) in [5, 5.41) is 3.41. The molecule has 2 saturated heterocycles. The highest BCUT2D eigenvalue weighted by Gasteiger charge is 2.44. The number of benzene rings is 1. The van der Waals surface area contributed by atoms with Crippen LogP contribution in [0.25, 0.3) is 0 Å². The summed E-state index contributed by atoms with van der Waals surface area (Å²) in [7, 11) is 0. The van der Waals surface area contributed by atoms with Crippen LogP contribution >= 0.6 is 0 Å². The van der Waals surface area contributed by atoms with E-state index in [1.165, 1.54) is 12.0 Å². The van der Waals surface area contributed by atoms with E-state index in [9.17, 15) is 4.79 Å². The van der Waals surface area contributed by atoms with E-state index in [2.05, 4.69) is 41.4 Å². The van der Waals surface area contributed by atoms with Gasteiger partial charge in [0.05, 0.1) is 5.41 Å². The van der Waals surface area contributed by atoms with E-state index in [0.29, 0.717) is 11.9 Å². The molecule has 3 nitrogen and oxygen atoms in total. The molecular weight excluding hydrogens is 260 g/mol. The minimum Gasteiger partial charge on any atom is -0.339 e. The van der Waals surface area contributed by atoms with Crippen molar-refractivity contribution >= 4 is 5.91 Å². The van der Waals surface area contributed by atoms with Crippen LogP contribution in [0.3, 0.4) is 0 Å². The quantitative estimate of drug-likeness (QED) is 0.906. The Kier molecular flexibility index (Phi) is 4.29. The number of amides is 1. The lowest BCUT2D eigenvalue weighted by molar-refractivity contribution is -0.142. The molecule has 1 aromatic carbocycles. The molecule has 3 heteroatoms. The van der Waals surface area contributed by atoms with Crippen LogP contribution in [0, 0.1) is 0 Å². The van der Waals surface area contributed by atoms with Gasteiger partial charge in [0.25, 0.3) is 0 Å². The number of likely N-dealkylation sites (tertiary alicyclic amines) is 1. The van der Waals surface area contributed by atoms with Gasteiger partial charge in [0.1, 0.15) is 0 Å². The summed E-state index contributed by atoms with van der Waals surface area (Å²) < 4.78 is 0. The fourth-order valence-corrected chi connectivity index (χ4v) is 3.91. The van der Waals surface area contributed by atoms with E-state index in [1.807, 2.05) is 6.07 Å². The number of hydrogen-bond donors (Lipinski definition) is 1. The van der Waals surface area contributed by atoms with Crippen molar-refractivity contribution in [3.63, 3.8) is 0 Å². The van der Waals surface area contributed by atoms with Gasteiger partial charge in [-0.05, 0) is 57.7 Å². The SMILES string of the molecule is CC1CCCCN1C(=O)C1(c2ccccc2)CCNCC1. The van der Waals surface area contributed by atoms with Crippen LogP contribution in [-0.2, 0) is 10.2 Å². The lowest BCUT2D eigenvalue weighted by atomic mass is 9.71. The van der Waals surface area contributed by atoms with Crippen molar-refractivity contribution in [2.45, 2.75) is 50.5 Å². The summed E-state index contributed by atoms with van der Waals surface area (Å²) in [4.78, 5) is 15.5. The van der Waals surface area contributed by atoms with Crippen LogP contribution < -0.4 is 5.32 Å². The number of hydrogen-bond acceptors (Lipinski definition) is 2. The summed E-state index contributed by atoms with van der Waals surface area (Å²) in [6, 6.07) is 10.8. The molecule has 1 aromatic rings. The van der Waals surface area contributed by atoms with E-state index < -0.39 is 0 Å². The molecule has 1 unspecified atom stereocenters. The fraction of sp³-hybridized carbons (Fsp3) is 0.611. The molecule has 21 heavy (non-hydrogen) atoms. The number of nitrogens with zero attached hydrogens (tertiary/aromatic N) is 1. The van der Waals surface area contributed by atoms with Crippen LogP contribution in [0.15, 0.2) is 30.3 Å². The predicted molar refractivity (Wildman–Crippen MR) is 85.2 cm³/mol. The zero-order valence-electron chi connectivity index (χ0n) is 13.0. The Morgan fingerprint density at radius 1 is 1.19 bits per heavy atom. The van der Waals surface area contributed by atoms with E-state index in [1.54, 1.807) is 0 Å². The number of carbonyl (C=O) groups is 1. The third-order valence-electron chi connectivity index (χ3n) is 5.26. The number of rotatable bonds is 2. The Hall–Kier alpha value is -1.35. The number of carbonyl (C=O) groups excluding carboxylic acids is 1. The number of piperidine rings is 2. The van der Waals surface area contributed by atoms with Crippen molar-refractivity contribution in [1.82, 2.24) is 10.2 Å². The van der Waals surface area contributed by atoms with Crippen molar-refractivity contribution in [3.05, 3.63) is 35.9 Å². The Bertz CT molecular complexity index is 479. The van der Waals surface area contributed by atoms with Crippen molar-refractivity contribution < 1.29 is 4.79 Å². The van der Waals surface area contributed by atoms with Gasteiger partial charge in [-0.3, -0.25) is 4.79 Å². The average Bonchev–Trinajstić information content (AvgIpc) is 2.56. The predicted octanol–water partition coefficient (Wildman–Crippen LogP) is 2.71. The van der Waals surface area contributed by atoms with Gasteiger partial charge in [-0.15, -0.1) is 0 Å². The van der Waals surface area contributed by atoms with Gasteiger partial charge in [0.15, 0.2) is 0 Å². The molecule has 0 saturated carbocycles. The Morgan fingerprint density at radius 3 is 2.57 bits per heavy atom. The topological polar surface area (TPSA) is 32.3 Å². The minimum absolute atomic E-state index is 0.307. The van der Waals surface area contributed by atoms with Crippen molar-refractivity contribution in [1.29, 1.82) is 0 Å². The second-order valence-electron chi connectivity index (χ2n) is 6.54. The van der Waals surface area contributed by atoms with Crippen LogP contribution in [0.1, 0.15) is 44.6 Å². The smallest absolute Gasteiger partial charge is 0.233 e. The largest absolute Gasteiger partial charge is 0.339 e. The van der Waals surface area contributed by atoms with Gasteiger partial charge in [-0.2, -0.15) is 0 Å². The summed E-state index contributed by atoms with van der Waals surface area (Å²) in [6.07, 6.45) is 5.39. The first-order valence-corrected chi connectivity index (χ1v) is 8.31. The molecule has 1 atom stereocenters. The van der Waals surface area contributed by atoms with Gasteiger partial charge in [-0.1, -0.05) is 30.3 Å². The van der Waals surface area contributed by atoms with E-state index in [0.717, 1.165) is 45.3 Å². The normalized spacial score (nSPS) is 25.6. The van der Waals surface area contributed by atoms with Crippen molar-refractivity contribution in [3.8, 4) is 0 Å². The van der Waals surface area contributed by atoms with Crippen molar-refractivity contribution in [2.75, 3.05) is 19.6 Å². The average molecular weight is 286 g/mol. The molecular formula is C18H26N2O. The minimum atomic E-state index is -0.307. The molecule has 1 amide bonds. The first-order valence-electron chi connectivity index (χ1n) is 8.31. The Balaban J connectivity index is 1.93. The van der Waals surface area contributed by atoms with Gasteiger partial charge in [0, 0.05) is 12.6 Å². The monoisotopic (exact) mass is 286 g/mol. The van der Waals surface area contributed by atoms with Gasteiger partial charge < -0.3 is 10.2 Å². The zero-order chi connectivity index (χ0) is 14.7. The van der Waals surface area contributed by atoms with Gasteiger partial charge >= 0.3 is 0 Å². The van der Waals surface area contributed by atoms with Gasteiger partial charge in [0.2, 0.25) is 5.91 Å². The zero-order valence-corrected chi connectivity index (χ0v) is 13.0. The van der Waals surface area contributed by atoms with E-state index in [-0.39, 0.29) is 5.41 Å². The third-order valence-corrected chi connectivity index (χ3v) is 5.26. The highest BCUT2D eigenvalue weighted by atomic mass is 16.2. The van der Waals surface area contributed by atoms with E-state index >= 15 is 0 Å². The summed E-state index contributed by atoms with van der Waals surface area (Å²) in [6.45, 7) is 5.00. The molecule has 0 aromatic heterocycles. The first-order chi connectivity index (χ1) is 10.2. The molecule has 2 aliphatic heterocycles. The standard InChI is InChI=1S/C18H26N2O/c1-15-7-5-6-14-20(15)17(21)18(10-12-19-13-11-18)16-8-3-2-4-9-16/h2-4,8-9,15,19H,5-7,10-14H2,1H3. The molecule has 0 spiro atoms. The van der Waals surface area contributed by atoms with Crippen LogP contribution in [-0.4, -0.2) is 36.5 Å². The second kappa shape index (κ2) is 6.18. The lowest BCUT2D eigenvalue weighted by Gasteiger charge is -2.44. The molecule has 0 bridgehead atoms. The highest BCUT2D eigenvalue weighted by Crippen LogP contribution is 2.37. The molecule has 3 rings (SSSR count). The summed E-state index contributed by atoms with van der Waals surface area (Å²) >= 11 is 0. The van der Waals surface area contributed by atoms with Crippen LogP contribution in [0.2, 0.25) is 0 Å². The molecule has 114 valence electrons. The second-order valence-corrected chi connectivity index (χ2v) is 6.54. The summed E-state index contributed by atoms with van der Waals surface area (Å²) in [5.74, 6) is 0.363. The van der Waals surface area contributed by atoms with Gasteiger partial charge in [-0.25, -0.2) is 0 Å². The Morgan fingerprint density at radius 2 is 1.90 bits per heavy atom. The molecule has 0 aliphatic carbocycles. The maximum Gasteiger partial charge on any atom is 0.233 e. The highest BCUT2D eigenvalue weighted by molar-refractivity contribution is 5.88. The lowest BCUT2D eigenvalue weighted by Crippen LogP contribution is -2.55. The van der Waals surface area contributed by atoms with Crippen LogP contribution in [0.4, 0.5) is 0 Å². The Labute approximate surface area is 127 Å². The number of nitrogens with one attached hydrogen (secondary N) is 1. The summed E-state index contributed by atoms with van der Waals surface area (Å²) in [5.41, 5.74) is 0.896. The molecule has 2 fully saturated rings. The molecule has 0 radical (unpaired) electrons. The van der Waals surface area contributed by atoms with Crippen molar-refractivity contribution in [2.24, 2.45) is 0 Å². The maximum atomic E-state index is 13.4.